The number of carbonyl (C=O) groups excluding carboxylic acids is 1. The van der Waals surface area contributed by atoms with Gasteiger partial charge in [-0.1, -0.05) is 6.92 Å². The van der Waals surface area contributed by atoms with Crippen molar-refractivity contribution in [3.63, 3.8) is 0 Å². The van der Waals surface area contributed by atoms with E-state index in [1.54, 1.807) is 6.20 Å². The second-order valence-electron chi connectivity index (χ2n) is 6.68. The van der Waals surface area contributed by atoms with Gasteiger partial charge in [-0.3, -0.25) is 9.69 Å². The van der Waals surface area contributed by atoms with Crippen LogP contribution < -0.4 is 10.2 Å². The maximum atomic E-state index is 11.9. The summed E-state index contributed by atoms with van der Waals surface area (Å²) in [6, 6.07) is 3.83. The number of aromatic nitrogens is 1. The lowest BCUT2D eigenvalue weighted by Crippen LogP contribution is -2.48. The largest absolute Gasteiger partial charge is 0.381 e. The number of amides is 1. The Morgan fingerprint density at radius 1 is 1.33 bits per heavy atom. The summed E-state index contributed by atoms with van der Waals surface area (Å²) in [4.78, 5) is 21.2. The zero-order chi connectivity index (χ0) is 16.8. The van der Waals surface area contributed by atoms with E-state index in [0.717, 1.165) is 58.2 Å². The van der Waals surface area contributed by atoms with Gasteiger partial charge in [0.1, 0.15) is 5.82 Å². The van der Waals surface area contributed by atoms with Gasteiger partial charge in [-0.2, -0.15) is 0 Å². The van der Waals surface area contributed by atoms with E-state index in [1.807, 2.05) is 19.1 Å². The van der Waals surface area contributed by atoms with Crippen molar-refractivity contribution < 1.29 is 9.53 Å². The molecule has 0 saturated carbocycles. The van der Waals surface area contributed by atoms with Gasteiger partial charge in [0.25, 0.3) is 5.91 Å². The predicted octanol–water partition coefficient (Wildman–Crippen LogP) is 1.38. The fourth-order valence-corrected chi connectivity index (χ4v) is 3.30. The third-order valence-corrected chi connectivity index (χ3v) is 4.78. The van der Waals surface area contributed by atoms with E-state index in [1.165, 1.54) is 6.42 Å². The Kier molecular flexibility index (Phi) is 6.04. The Morgan fingerprint density at radius 3 is 2.79 bits per heavy atom. The van der Waals surface area contributed by atoms with Crippen LogP contribution in [0.5, 0.6) is 0 Å². The van der Waals surface area contributed by atoms with Crippen LogP contribution in [0.3, 0.4) is 0 Å². The highest BCUT2D eigenvalue weighted by Crippen LogP contribution is 2.18. The molecule has 0 aliphatic carbocycles. The van der Waals surface area contributed by atoms with Crippen molar-refractivity contribution in [1.29, 1.82) is 0 Å². The van der Waals surface area contributed by atoms with Gasteiger partial charge in [0.05, 0.1) is 12.2 Å². The minimum Gasteiger partial charge on any atom is -0.381 e. The molecule has 0 bridgehead atoms. The van der Waals surface area contributed by atoms with Crippen LogP contribution in [0.15, 0.2) is 18.3 Å². The number of pyridine rings is 1. The van der Waals surface area contributed by atoms with E-state index in [9.17, 15) is 4.79 Å². The Hall–Kier alpha value is -1.66. The molecule has 0 spiro atoms. The Morgan fingerprint density at radius 2 is 2.17 bits per heavy atom. The molecule has 0 aromatic carbocycles. The number of anilines is 1. The average molecular weight is 332 g/mol. The fourth-order valence-electron chi connectivity index (χ4n) is 3.30. The number of carbonyl (C=O) groups is 1. The molecule has 2 aliphatic rings. The van der Waals surface area contributed by atoms with E-state index in [-0.39, 0.29) is 5.91 Å². The van der Waals surface area contributed by atoms with E-state index in [4.69, 9.17) is 4.74 Å². The number of ether oxygens (including phenoxy) is 1. The molecule has 2 aliphatic heterocycles. The molecule has 2 fully saturated rings. The molecule has 1 aromatic heterocycles. The molecule has 1 amide bonds. The highest BCUT2D eigenvalue weighted by atomic mass is 16.5. The highest BCUT2D eigenvalue weighted by molar-refractivity contribution is 5.94. The van der Waals surface area contributed by atoms with Gasteiger partial charge in [-0.15, -0.1) is 0 Å². The van der Waals surface area contributed by atoms with Gasteiger partial charge >= 0.3 is 0 Å². The van der Waals surface area contributed by atoms with Gasteiger partial charge in [-0.25, -0.2) is 4.98 Å². The molecule has 1 atom stereocenters. The third kappa shape index (κ3) is 4.45. The van der Waals surface area contributed by atoms with Crippen molar-refractivity contribution >= 4 is 11.7 Å². The van der Waals surface area contributed by atoms with Gasteiger partial charge in [0.15, 0.2) is 0 Å². The van der Waals surface area contributed by atoms with Crippen LogP contribution in [0.2, 0.25) is 0 Å². The molecule has 6 heteroatoms. The molecule has 3 rings (SSSR count). The summed E-state index contributed by atoms with van der Waals surface area (Å²) in [5.41, 5.74) is 0.632. The van der Waals surface area contributed by atoms with Gasteiger partial charge < -0.3 is 15.0 Å². The number of piperazine rings is 1. The van der Waals surface area contributed by atoms with Crippen LogP contribution in [0.1, 0.15) is 30.1 Å². The van der Waals surface area contributed by atoms with Crippen molar-refractivity contribution in [3.8, 4) is 0 Å². The molecule has 1 unspecified atom stereocenters. The zero-order valence-corrected chi connectivity index (χ0v) is 14.5. The summed E-state index contributed by atoms with van der Waals surface area (Å²) < 4.78 is 5.46. The summed E-state index contributed by atoms with van der Waals surface area (Å²) >= 11 is 0. The second kappa shape index (κ2) is 8.44. The molecule has 24 heavy (non-hydrogen) atoms. The van der Waals surface area contributed by atoms with Crippen molar-refractivity contribution in [3.05, 3.63) is 23.9 Å². The van der Waals surface area contributed by atoms with Crippen molar-refractivity contribution in [2.45, 2.75) is 19.8 Å². The average Bonchev–Trinajstić information content (AvgIpc) is 3.13. The number of hydrogen-bond acceptors (Lipinski definition) is 5. The number of nitrogens with zero attached hydrogens (tertiary/aromatic N) is 3. The minimum atomic E-state index is -0.0421. The monoisotopic (exact) mass is 332 g/mol. The van der Waals surface area contributed by atoms with Crippen LogP contribution in [0.25, 0.3) is 0 Å². The topological polar surface area (TPSA) is 57.7 Å². The van der Waals surface area contributed by atoms with E-state index in [0.29, 0.717) is 18.0 Å². The molecular weight excluding hydrogens is 304 g/mol. The molecule has 2 saturated heterocycles. The van der Waals surface area contributed by atoms with Crippen LogP contribution in [-0.2, 0) is 4.74 Å². The van der Waals surface area contributed by atoms with E-state index in [2.05, 4.69) is 20.1 Å². The van der Waals surface area contributed by atoms with Crippen LogP contribution in [-0.4, -0.2) is 68.3 Å². The highest BCUT2D eigenvalue weighted by Gasteiger charge is 2.23. The minimum absolute atomic E-state index is 0.0421. The summed E-state index contributed by atoms with van der Waals surface area (Å²) in [7, 11) is 0. The molecule has 132 valence electrons. The lowest BCUT2D eigenvalue weighted by molar-refractivity contribution is 0.0953. The zero-order valence-electron chi connectivity index (χ0n) is 14.5. The molecule has 1 N–H and O–H groups in total. The number of nitrogens with one attached hydrogen (secondary N) is 1. The molecule has 3 heterocycles. The summed E-state index contributed by atoms with van der Waals surface area (Å²) in [6.45, 7) is 9.85. The number of rotatable bonds is 6. The van der Waals surface area contributed by atoms with Gasteiger partial charge in [-0.05, 0) is 30.9 Å². The van der Waals surface area contributed by atoms with Crippen LogP contribution >= 0.6 is 0 Å². The quantitative estimate of drug-likeness (QED) is 0.853. The molecular formula is C18H28N4O2. The maximum Gasteiger partial charge on any atom is 0.252 e. The summed E-state index contributed by atoms with van der Waals surface area (Å²) in [6.07, 6.45) is 3.82. The fraction of sp³-hybridized carbons (Fsp3) is 0.667. The second-order valence-corrected chi connectivity index (χ2v) is 6.68. The van der Waals surface area contributed by atoms with Crippen LogP contribution in [0, 0.1) is 5.92 Å². The van der Waals surface area contributed by atoms with E-state index >= 15 is 0 Å². The first-order valence-electron chi connectivity index (χ1n) is 9.05. The lowest BCUT2D eigenvalue weighted by Gasteiger charge is -2.36. The maximum absolute atomic E-state index is 11.9. The summed E-state index contributed by atoms with van der Waals surface area (Å²) in [5, 5.41) is 2.88. The Balaban J connectivity index is 1.48. The third-order valence-electron chi connectivity index (χ3n) is 4.78. The standard InChI is InChI=1S/C18H28N4O2/c1-2-6-19-18(23)16-3-4-17(20-12-16)22-9-7-21(8-10-22)13-15-5-11-24-14-15/h3-4,12,15H,2,5-11,13-14H2,1H3,(H,19,23). The smallest absolute Gasteiger partial charge is 0.252 e. The first kappa shape index (κ1) is 17.2. The SMILES string of the molecule is CCCNC(=O)c1ccc(N2CCN(CC3CCOC3)CC2)nc1. The normalized spacial score (nSPS) is 21.9. The van der Waals surface area contributed by atoms with Crippen molar-refractivity contribution in [1.82, 2.24) is 15.2 Å². The first-order valence-corrected chi connectivity index (χ1v) is 9.05. The number of hydrogen-bond donors (Lipinski definition) is 1. The predicted molar refractivity (Wildman–Crippen MR) is 94.4 cm³/mol. The lowest BCUT2D eigenvalue weighted by atomic mass is 10.1. The molecule has 6 nitrogen and oxygen atoms in total. The summed E-state index contributed by atoms with van der Waals surface area (Å²) in [5.74, 6) is 1.63. The first-order chi connectivity index (χ1) is 11.8. The van der Waals surface area contributed by atoms with Gasteiger partial charge in [0.2, 0.25) is 0 Å². The van der Waals surface area contributed by atoms with Crippen molar-refractivity contribution in [2.24, 2.45) is 5.92 Å². The molecule has 1 aromatic rings. The van der Waals surface area contributed by atoms with Gasteiger partial charge in [0, 0.05) is 52.1 Å². The van der Waals surface area contributed by atoms with Crippen LogP contribution in [0.4, 0.5) is 5.82 Å². The molecule has 0 radical (unpaired) electrons. The Bertz CT molecular complexity index is 520. The Labute approximate surface area is 144 Å². The van der Waals surface area contributed by atoms with Crippen molar-refractivity contribution in [2.75, 3.05) is 57.4 Å². The van der Waals surface area contributed by atoms with E-state index < -0.39 is 0 Å².